The van der Waals surface area contributed by atoms with Crippen molar-refractivity contribution >= 4 is 119 Å². The van der Waals surface area contributed by atoms with E-state index in [1.807, 2.05) is 29.5 Å². The molecule has 0 amide bonds. The first-order valence-corrected chi connectivity index (χ1v) is 24.2. The highest BCUT2D eigenvalue weighted by molar-refractivity contribution is 7.26. The summed E-state index contributed by atoms with van der Waals surface area (Å²) >= 11 is 1.87. The summed E-state index contributed by atoms with van der Waals surface area (Å²) in [5.74, 6) is 1.45. The third kappa shape index (κ3) is 5.76. The molecule has 0 fully saturated rings. The van der Waals surface area contributed by atoms with Gasteiger partial charge in [-0.2, -0.15) is 0 Å². The number of benzene rings is 11. The second kappa shape index (κ2) is 14.8. The molecule has 1 aliphatic rings. The van der Waals surface area contributed by atoms with Crippen LogP contribution in [0.25, 0.3) is 113 Å². The maximum Gasteiger partial charge on any atom is 0.159 e. The molecule has 322 valence electrons. The molecule has 11 aromatic carbocycles. The number of aromatic nitrogens is 1. The highest BCUT2D eigenvalue weighted by atomic mass is 32.1. The van der Waals surface area contributed by atoms with Crippen LogP contribution in [0.15, 0.2) is 233 Å². The van der Waals surface area contributed by atoms with Gasteiger partial charge >= 0.3 is 0 Å². The second-order valence-corrected chi connectivity index (χ2v) is 19.1. The lowest BCUT2D eigenvalue weighted by atomic mass is 9.93. The molecule has 1 atom stereocenters. The summed E-state index contributed by atoms with van der Waals surface area (Å²) in [7, 11) is 0. The topological polar surface area (TPSA) is 54.8 Å². The average molecular weight is 899 g/mol. The Morgan fingerprint density at radius 2 is 1.04 bits per heavy atom. The van der Waals surface area contributed by atoms with Crippen molar-refractivity contribution in [2.24, 2.45) is 9.98 Å². The average Bonchev–Trinajstić information content (AvgIpc) is 4.11. The Morgan fingerprint density at radius 3 is 1.80 bits per heavy atom. The Morgan fingerprint density at radius 1 is 0.435 bits per heavy atom. The first kappa shape index (κ1) is 38.3. The summed E-state index contributed by atoms with van der Waals surface area (Å²) in [5, 5.41) is 18.3. The molecule has 0 spiro atoms. The molecule has 5 nitrogen and oxygen atoms in total. The molecule has 0 bridgehead atoms. The number of nitrogens with one attached hydrogen (secondary N) is 1. The Balaban J connectivity index is 0.886. The number of para-hydroxylation sites is 2. The maximum absolute atomic E-state index is 6.68. The van der Waals surface area contributed by atoms with Crippen LogP contribution in [0.5, 0.6) is 0 Å². The van der Waals surface area contributed by atoms with Crippen LogP contribution in [0.1, 0.15) is 22.9 Å². The van der Waals surface area contributed by atoms with E-state index in [9.17, 15) is 0 Å². The molecule has 14 aromatic rings. The van der Waals surface area contributed by atoms with Gasteiger partial charge in [0.1, 0.15) is 23.2 Å². The number of thiophene rings is 1. The second-order valence-electron chi connectivity index (χ2n) is 18.0. The minimum atomic E-state index is -0.451. The van der Waals surface area contributed by atoms with Crippen LogP contribution in [0.2, 0.25) is 0 Å². The Hall–Kier alpha value is -8.84. The van der Waals surface area contributed by atoms with Gasteiger partial charge in [0.05, 0.1) is 21.4 Å². The van der Waals surface area contributed by atoms with Gasteiger partial charge in [0.25, 0.3) is 0 Å². The Bertz CT molecular complexity index is 4450. The number of amidine groups is 2. The SMILES string of the molecule is c1ccc(C2=NC(c3cccc4oc5ccc(-c6cccc7sc8c(-n9c%10ccccc%10c%10ccccc%109)cccc8c67)cc5c34)NC(c3ccc4c5ccccc5c5ccccc5c4c3)=N2)cc1. The molecular weight excluding hydrogens is 861 g/mol. The highest BCUT2D eigenvalue weighted by Gasteiger charge is 2.26. The molecule has 0 saturated carbocycles. The third-order valence-corrected chi connectivity index (χ3v) is 15.4. The van der Waals surface area contributed by atoms with Crippen molar-refractivity contribution in [3.05, 3.63) is 235 Å². The molecule has 1 aliphatic heterocycles. The maximum atomic E-state index is 6.68. The van der Waals surface area contributed by atoms with E-state index in [1.54, 1.807) is 0 Å². The van der Waals surface area contributed by atoms with Gasteiger partial charge in [0, 0.05) is 53.7 Å². The van der Waals surface area contributed by atoms with Gasteiger partial charge in [0.2, 0.25) is 0 Å². The molecular formula is C63H38N4OS. The van der Waals surface area contributed by atoms with Crippen LogP contribution in [-0.2, 0) is 0 Å². The smallest absolute Gasteiger partial charge is 0.159 e. The van der Waals surface area contributed by atoms with Crippen molar-refractivity contribution in [2.45, 2.75) is 6.17 Å². The number of nitrogens with zero attached hydrogens (tertiary/aromatic N) is 3. The zero-order chi connectivity index (χ0) is 45.2. The predicted molar refractivity (Wildman–Crippen MR) is 291 cm³/mol. The van der Waals surface area contributed by atoms with E-state index < -0.39 is 6.17 Å². The molecule has 3 aromatic heterocycles. The van der Waals surface area contributed by atoms with Crippen LogP contribution in [0, 0.1) is 0 Å². The Labute approximate surface area is 399 Å². The van der Waals surface area contributed by atoms with E-state index in [2.05, 4.69) is 210 Å². The quantitative estimate of drug-likeness (QED) is 0.175. The van der Waals surface area contributed by atoms with Crippen LogP contribution in [0.4, 0.5) is 0 Å². The molecule has 1 N–H and O–H groups in total. The standard InChI is InChI=1S/C63H38N4OS/c1-2-15-37(16-3-1)61-64-62(39-31-33-45-43-19-5-4-17-41(43)42-18-6-7-20-44(42)50(45)36-39)66-63(65-61)49-25-13-29-56-58(49)51-35-38(32-34-55(51)68-56)40-23-14-30-57-59(40)48-24-12-28-54(60(48)69-57)67-52-26-10-8-21-46(52)47-22-9-11-27-53(47)67/h1-36,63H,(H,64,65,66). The lowest BCUT2D eigenvalue weighted by Gasteiger charge is -2.24. The molecule has 15 rings (SSSR count). The molecule has 1 unspecified atom stereocenters. The van der Waals surface area contributed by atoms with Crippen LogP contribution in [0.3, 0.4) is 0 Å². The lowest BCUT2D eigenvalue weighted by molar-refractivity contribution is 0.662. The third-order valence-electron chi connectivity index (χ3n) is 14.2. The summed E-state index contributed by atoms with van der Waals surface area (Å²) in [6, 6.07) is 78.4. The van der Waals surface area contributed by atoms with Gasteiger partial charge in [-0.1, -0.05) is 170 Å². The van der Waals surface area contributed by atoms with Crippen molar-refractivity contribution in [1.29, 1.82) is 0 Å². The minimum absolute atomic E-state index is 0.451. The fraction of sp³-hybridized carbons (Fsp3) is 0.0159. The van der Waals surface area contributed by atoms with Crippen LogP contribution >= 0.6 is 11.3 Å². The predicted octanol–water partition coefficient (Wildman–Crippen LogP) is 16.7. The fourth-order valence-electron chi connectivity index (χ4n) is 11.2. The van der Waals surface area contributed by atoms with Gasteiger partial charge in [-0.05, 0) is 92.0 Å². The van der Waals surface area contributed by atoms with Gasteiger partial charge in [-0.25, -0.2) is 9.98 Å². The zero-order valence-electron chi connectivity index (χ0n) is 37.0. The van der Waals surface area contributed by atoms with Crippen LogP contribution < -0.4 is 5.32 Å². The zero-order valence-corrected chi connectivity index (χ0v) is 37.8. The van der Waals surface area contributed by atoms with Gasteiger partial charge in [-0.15, -0.1) is 11.3 Å². The van der Waals surface area contributed by atoms with Crippen LogP contribution in [-0.4, -0.2) is 16.2 Å². The summed E-state index contributed by atoms with van der Waals surface area (Å²) < 4.78 is 11.6. The largest absolute Gasteiger partial charge is 0.456 e. The number of fused-ring (bicyclic) bond motifs is 15. The first-order chi connectivity index (χ1) is 34.2. The van der Waals surface area contributed by atoms with Gasteiger partial charge in [0.15, 0.2) is 5.84 Å². The molecule has 0 radical (unpaired) electrons. The van der Waals surface area contributed by atoms with E-state index in [0.29, 0.717) is 5.84 Å². The normalized spacial score (nSPS) is 14.2. The van der Waals surface area contributed by atoms with E-state index in [4.69, 9.17) is 14.4 Å². The van der Waals surface area contributed by atoms with Gasteiger partial charge < -0.3 is 14.3 Å². The summed E-state index contributed by atoms with van der Waals surface area (Å²) in [5.41, 5.74) is 10.6. The van der Waals surface area contributed by atoms with E-state index in [0.717, 1.165) is 50.0 Å². The number of hydrogen-bond acceptors (Lipinski definition) is 5. The number of aliphatic imine (C=N–C) groups is 2. The molecule has 0 saturated heterocycles. The van der Waals surface area contributed by atoms with E-state index in [1.165, 1.54) is 85.5 Å². The minimum Gasteiger partial charge on any atom is -0.456 e. The number of furan rings is 1. The molecule has 4 heterocycles. The highest BCUT2D eigenvalue weighted by Crippen LogP contribution is 2.46. The van der Waals surface area contributed by atoms with Crippen molar-refractivity contribution < 1.29 is 4.42 Å². The van der Waals surface area contributed by atoms with Crippen molar-refractivity contribution in [2.75, 3.05) is 0 Å². The van der Waals surface area contributed by atoms with Crippen molar-refractivity contribution in [3.8, 4) is 16.8 Å². The fourth-order valence-corrected chi connectivity index (χ4v) is 12.4. The number of hydrogen-bond donors (Lipinski definition) is 1. The summed E-state index contributed by atoms with van der Waals surface area (Å²) in [4.78, 5) is 10.6. The molecule has 6 heteroatoms. The number of rotatable bonds is 5. The summed E-state index contributed by atoms with van der Waals surface area (Å²) in [6.07, 6.45) is -0.451. The summed E-state index contributed by atoms with van der Waals surface area (Å²) in [6.45, 7) is 0. The first-order valence-electron chi connectivity index (χ1n) is 23.4. The van der Waals surface area contributed by atoms with Gasteiger partial charge in [-0.3, -0.25) is 0 Å². The molecule has 69 heavy (non-hydrogen) atoms. The monoisotopic (exact) mass is 898 g/mol. The van der Waals surface area contributed by atoms with E-state index >= 15 is 0 Å². The van der Waals surface area contributed by atoms with E-state index in [-0.39, 0.29) is 0 Å². The van der Waals surface area contributed by atoms with Crippen molar-refractivity contribution in [3.63, 3.8) is 0 Å². The van der Waals surface area contributed by atoms with Crippen molar-refractivity contribution in [1.82, 2.24) is 9.88 Å². The lowest BCUT2D eigenvalue weighted by Crippen LogP contribution is -2.33. The molecule has 0 aliphatic carbocycles. The Kier molecular flexibility index (Phi) is 8.23.